The van der Waals surface area contributed by atoms with Gasteiger partial charge in [-0.15, -0.1) is 0 Å². The molecular formula is C17H26ClNO3S. The lowest BCUT2D eigenvalue weighted by Gasteiger charge is -2.31. The highest BCUT2D eigenvalue weighted by molar-refractivity contribution is 7.89. The number of sulfonamides is 1. The molecule has 0 radical (unpaired) electrons. The second-order valence-corrected chi connectivity index (χ2v) is 8.40. The monoisotopic (exact) mass is 359 g/mol. The van der Waals surface area contributed by atoms with E-state index in [2.05, 4.69) is 6.58 Å². The average Bonchev–Trinajstić information content (AvgIpc) is 2.50. The van der Waals surface area contributed by atoms with E-state index in [-0.39, 0.29) is 24.0 Å². The van der Waals surface area contributed by atoms with Crippen LogP contribution in [-0.4, -0.2) is 37.0 Å². The minimum atomic E-state index is -3.73. The molecule has 130 valence electrons. The predicted octanol–water partition coefficient (Wildman–Crippen LogP) is 3.70. The van der Waals surface area contributed by atoms with Crippen LogP contribution in [0.25, 0.3) is 0 Å². The first-order valence-corrected chi connectivity index (χ1v) is 9.59. The van der Waals surface area contributed by atoms with Crippen LogP contribution in [-0.2, 0) is 10.0 Å². The molecule has 0 aliphatic heterocycles. The van der Waals surface area contributed by atoms with Crippen LogP contribution in [0.2, 0.25) is 5.02 Å². The van der Waals surface area contributed by atoms with Crippen LogP contribution in [0.3, 0.4) is 0 Å². The summed E-state index contributed by atoms with van der Waals surface area (Å²) in [4.78, 5) is 0.174. The number of benzene rings is 1. The van der Waals surface area contributed by atoms with Crippen LogP contribution in [0, 0.1) is 5.92 Å². The van der Waals surface area contributed by atoms with Crippen molar-refractivity contribution >= 4 is 21.6 Å². The number of aliphatic hydroxyl groups excluding tert-OH is 1. The summed E-state index contributed by atoms with van der Waals surface area (Å²) < 4.78 is 27.4. The van der Waals surface area contributed by atoms with Crippen LogP contribution in [0.4, 0.5) is 0 Å². The van der Waals surface area contributed by atoms with Crippen molar-refractivity contribution in [1.29, 1.82) is 0 Å². The van der Waals surface area contributed by atoms with Crippen molar-refractivity contribution < 1.29 is 13.5 Å². The maximum absolute atomic E-state index is 13.0. The highest BCUT2D eigenvalue weighted by Gasteiger charge is 2.31. The third-order valence-corrected chi connectivity index (χ3v) is 5.83. The van der Waals surface area contributed by atoms with E-state index in [1.165, 1.54) is 16.4 Å². The van der Waals surface area contributed by atoms with Crippen molar-refractivity contribution in [2.45, 2.75) is 44.6 Å². The summed E-state index contributed by atoms with van der Waals surface area (Å²) >= 11 is 5.84. The lowest BCUT2D eigenvalue weighted by Crippen LogP contribution is -2.44. The Morgan fingerprint density at radius 3 is 2.30 bits per heavy atom. The Hall–Kier alpha value is -0.880. The van der Waals surface area contributed by atoms with Crippen molar-refractivity contribution in [2.75, 3.05) is 13.2 Å². The molecule has 0 saturated carbocycles. The van der Waals surface area contributed by atoms with Gasteiger partial charge in [-0.3, -0.25) is 0 Å². The van der Waals surface area contributed by atoms with E-state index >= 15 is 0 Å². The molecule has 0 heterocycles. The Morgan fingerprint density at radius 2 is 1.87 bits per heavy atom. The summed E-state index contributed by atoms with van der Waals surface area (Å²) in [5.41, 5.74) is 0.810. The largest absolute Gasteiger partial charge is 0.395 e. The second kappa shape index (κ2) is 8.83. The molecule has 0 aliphatic rings. The van der Waals surface area contributed by atoms with E-state index in [1.54, 1.807) is 12.1 Å². The lowest BCUT2D eigenvalue weighted by molar-refractivity contribution is 0.173. The van der Waals surface area contributed by atoms with E-state index in [0.717, 1.165) is 5.57 Å². The summed E-state index contributed by atoms with van der Waals surface area (Å²) in [6, 6.07) is 5.61. The van der Waals surface area contributed by atoms with E-state index in [4.69, 9.17) is 11.6 Å². The Kier molecular flexibility index (Phi) is 7.74. The number of halogens is 1. The summed E-state index contributed by atoms with van der Waals surface area (Å²) in [5, 5.41) is 10.2. The minimum Gasteiger partial charge on any atom is -0.395 e. The Balaban J connectivity index is 3.25. The first-order chi connectivity index (χ1) is 10.7. The molecule has 0 bridgehead atoms. The van der Waals surface area contributed by atoms with Gasteiger partial charge in [-0.25, -0.2) is 8.42 Å². The van der Waals surface area contributed by atoms with E-state index < -0.39 is 16.1 Å². The van der Waals surface area contributed by atoms with Crippen LogP contribution >= 0.6 is 11.6 Å². The Labute approximate surface area is 144 Å². The van der Waals surface area contributed by atoms with Crippen LogP contribution in [0.1, 0.15) is 33.6 Å². The predicted molar refractivity (Wildman–Crippen MR) is 95.1 cm³/mol. The molecule has 23 heavy (non-hydrogen) atoms. The molecular weight excluding hydrogens is 334 g/mol. The molecule has 0 aromatic heterocycles. The van der Waals surface area contributed by atoms with E-state index in [0.29, 0.717) is 17.9 Å². The molecule has 0 spiro atoms. The van der Waals surface area contributed by atoms with Gasteiger partial charge in [-0.05, 0) is 43.0 Å². The lowest BCUT2D eigenvalue weighted by atomic mass is 10.0. The van der Waals surface area contributed by atoms with Gasteiger partial charge in [-0.2, -0.15) is 4.31 Å². The second-order valence-electron chi connectivity index (χ2n) is 6.07. The van der Waals surface area contributed by atoms with Crippen molar-refractivity contribution in [1.82, 2.24) is 4.31 Å². The van der Waals surface area contributed by atoms with Gasteiger partial charge in [-0.1, -0.05) is 44.5 Å². The van der Waals surface area contributed by atoms with Crippen LogP contribution in [0.5, 0.6) is 0 Å². The minimum absolute atomic E-state index is 0.174. The molecule has 1 N–H and O–H groups in total. The van der Waals surface area contributed by atoms with Gasteiger partial charge in [0.05, 0.1) is 11.5 Å². The molecule has 0 fully saturated rings. The van der Waals surface area contributed by atoms with Gasteiger partial charge in [0.1, 0.15) is 0 Å². The van der Waals surface area contributed by atoms with Crippen molar-refractivity contribution in [3.8, 4) is 0 Å². The van der Waals surface area contributed by atoms with Gasteiger partial charge < -0.3 is 5.11 Å². The highest BCUT2D eigenvalue weighted by atomic mass is 35.5. The summed E-state index contributed by atoms with van der Waals surface area (Å²) in [5.74, 6) is 0.268. The molecule has 1 atom stereocenters. The molecule has 6 heteroatoms. The fourth-order valence-corrected chi connectivity index (χ4v) is 4.09. The topological polar surface area (TPSA) is 57.6 Å². The molecule has 0 saturated heterocycles. The molecule has 1 unspecified atom stereocenters. The van der Waals surface area contributed by atoms with Crippen LogP contribution in [0.15, 0.2) is 41.3 Å². The maximum atomic E-state index is 13.0. The standard InChI is InChI=1S/C17H26ClNO3S/c1-5-14(4)11-19(16(12-20)10-13(2)3)23(21,22)17-8-6-15(18)7-9-17/h6-9,13,16,20H,4-5,10-12H2,1-3H3. The van der Waals surface area contributed by atoms with Gasteiger partial charge in [0.15, 0.2) is 0 Å². The summed E-state index contributed by atoms with van der Waals surface area (Å²) in [6.45, 7) is 9.85. The zero-order valence-electron chi connectivity index (χ0n) is 14.0. The quantitative estimate of drug-likeness (QED) is 0.684. The fourth-order valence-electron chi connectivity index (χ4n) is 2.31. The first kappa shape index (κ1) is 20.2. The molecule has 1 rings (SSSR count). The normalized spacial score (nSPS) is 13.5. The zero-order chi connectivity index (χ0) is 17.6. The molecule has 0 aliphatic carbocycles. The smallest absolute Gasteiger partial charge is 0.243 e. The number of nitrogens with zero attached hydrogens (tertiary/aromatic N) is 1. The van der Waals surface area contributed by atoms with Crippen molar-refractivity contribution in [3.63, 3.8) is 0 Å². The van der Waals surface area contributed by atoms with Gasteiger partial charge in [0, 0.05) is 17.6 Å². The number of aliphatic hydroxyl groups is 1. The fraction of sp³-hybridized carbons (Fsp3) is 0.529. The zero-order valence-corrected chi connectivity index (χ0v) is 15.6. The maximum Gasteiger partial charge on any atom is 0.243 e. The third kappa shape index (κ3) is 5.60. The van der Waals surface area contributed by atoms with Gasteiger partial charge in [0.25, 0.3) is 0 Å². The van der Waals surface area contributed by atoms with Gasteiger partial charge >= 0.3 is 0 Å². The van der Waals surface area contributed by atoms with Crippen LogP contribution < -0.4 is 0 Å². The number of hydrogen-bond acceptors (Lipinski definition) is 3. The van der Waals surface area contributed by atoms with E-state index in [1.807, 2.05) is 20.8 Å². The summed E-state index contributed by atoms with van der Waals surface area (Å²) in [7, 11) is -3.73. The number of hydrogen-bond donors (Lipinski definition) is 1. The molecule has 1 aromatic rings. The molecule has 1 aromatic carbocycles. The molecule has 0 amide bonds. The SMILES string of the molecule is C=C(CC)CN(C(CO)CC(C)C)S(=O)(=O)c1ccc(Cl)cc1. The molecule has 4 nitrogen and oxygen atoms in total. The van der Waals surface area contributed by atoms with E-state index in [9.17, 15) is 13.5 Å². The van der Waals surface area contributed by atoms with Crippen molar-refractivity contribution in [3.05, 3.63) is 41.4 Å². The van der Waals surface area contributed by atoms with Gasteiger partial charge in [0.2, 0.25) is 10.0 Å². The average molecular weight is 360 g/mol. The van der Waals surface area contributed by atoms with Crippen molar-refractivity contribution in [2.24, 2.45) is 5.92 Å². The number of rotatable bonds is 9. The Morgan fingerprint density at radius 1 is 1.30 bits per heavy atom. The Bertz CT molecular complexity index is 611. The highest BCUT2D eigenvalue weighted by Crippen LogP contribution is 2.24. The first-order valence-electron chi connectivity index (χ1n) is 7.77. The summed E-state index contributed by atoms with van der Waals surface area (Å²) in [6.07, 6.45) is 1.27. The third-order valence-electron chi connectivity index (χ3n) is 3.66.